The maximum absolute atomic E-state index is 2.60. The Morgan fingerprint density at radius 1 is 1.17 bits per heavy atom. The molecule has 0 aromatic heterocycles. The van der Waals surface area contributed by atoms with Crippen LogP contribution < -0.4 is 24.8 Å². The Balaban J connectivity index is 0.00000104. The van der Waals surface area contributed by atoms with Crippen LogP contribution in [0, 0.1) is 5.92 Å². The van der Waals surface area contributed by atoms with Crippen LogP contribution in [0.25, 0.3) is 0 Å². The van der Waals surface area contributed by atoms with Gasteiger partial charge in [-0.25, -0.2) is 0 Å². The Kier molecular flexibility index (Phi) is 7.46. The van der Waals surface area contributed by atoms with E-state index in [2.05, 4.69) is 43.4 Å². The fourth-order valence-corrected chi connectivity index (χ4v) is 21.1. The van der Waals surface area contributed by atoms with E-state index in [1.54, 1.807) is 31.0 Å². The van der Waals surface area contributed by atoms with E-state index in [-0.39, 0.29) is 24.8 Å². The molecule has 0 N–H and O–H groups in total. The zero-order valence-electron chi connectivity index (χ0n) is 14.7. The molecule has 24 heavy (non-hydrogen) atoms. The van der Waals surface area contributed by atoms with Crippen LogP contribution in [-0.2, 0) is 23.2 Å². The maximum Gasteiger partial charge on any atom is -1.00 e. The van der Waals surface area contributed by atoms with Gasteiger partial charge in [0, 0.05) is 0 Å². The topological polar surface area (TPSA) is 0 Å². The number of hydrogen-bond donors (Lipinski definition) is 0. The molecule has 0 spiro atoms. The van der Waals surface area contributed by atoms with Crippen molar-refractivity contribution in [3.8, 4) is 0 Å². The summed E-state index contributed by atoms with van der Waals surface area (Å²) in [6.07, 6.45) is 23.4. The van der Waals surface area contributed by atoms with Gasteiger partial charge in [0.15, 0.2) is 0 Å². The molecule has 4 aliphatic rings. The molecule has 1 saturated heterocycles. The van der Waals surface area contributed by atoms with E-state index in [0.29, 0.717) is 0 Å². The van der Waals surface area contributed by atoms with Gasteiger partial charge < -0.3 is 24.8 Å². The summed E-state index contributed by atoms with van der Waals surface area (Å²) in [5.74, 6) is 0.933. The molecule has 0 nitrogen and oxygen atoms in total. The first-order valence-electron chi connectivity index (χ1n) is 9.31. The minimum atomic E-state index is -1.03. The number of rotatable bonds is 5. The third-order valence-corrected chi connectivity index (χ3v) is 21.9. The molecular formula is C20H28Cl2SiZr. The second-order valence-electron chi connectivity index (χ2n) is 7.76. The number of fused-ring (bicyclic) bond motifs is 1. The molecule has 4 rings (SSSR count). The van der Waals surface area contributed by atoms with Crippen molar-refractivity contribution >= 4 is 8.07 Å². The predicted octanol–water partition coefficient (Wildman–Crippen LogP) is 0.177. The molecule has 2 atom stereocenters. The average Bonchev–Trinajstić information content (AvgIpc) is 3.13. The van der Waals surface area contributed by atoms with Crippen molar-refractivity contribution in [2.45, 2.75) is 66.3 Å². The molecule has 1 aliphatic heterocycles. The molecule has 1 heterocycles. The second kappa shape index (κ2) is 8.55. The molecule has 0 aromatic rings. The Morgan fingerprint density at radius 3 is 2.58 bits per heavy atom. The van der Waals surface area contributed by atoms with Crippen molar-refractivity contribution in [2.24, 2.45) is 5.92 Å². The Labute approximate surface area is 172 Å². The number of allylic oxidation sites excluding steroid dienone is 8. The second-order valence-corrected chi connectivity index (χ2v) is 18.2. The van der Waals surface area contributed by atoms with Gasteiger partial charge in [-0.3, -0.25) is 0 Å². The van der Waals surface area contributed by atoms with Crippen LogP contribution in [0.5, 0.6) is 0 Å². The molecule has 0 radical (unpaired) electrons. The van der Waals surface area contributed by atoms with Gasteiger partial charge in [-0.2, -0.15) is 0 Å². The summed E-state index contributed by atoms with van der Waals surface area (Å²) in [5, 5.41) is 0. The molecule has 2 unspecified atom stereocenters. The first kappa shape index (κ1) is 20.9. The fraction of sp³-hybridized carbons (Fsp3) is 0.600. The van der Waals surface area contributed by atoms with Gasteiger partial charge in [-0.1, -0.05) is 0 Å². The summed E-state index contributed by atoms with van der Waals surface area (Å²) in [5.41, 5.74) is 1.98. The minimum Gasteiger partial charge on any atom is -1.00 e. The molecule has 4 heteroatoms. The molecule has 2 fully saturated rings. The Bertz CT molecular complexity index is 574. The molecule has 0 amide bonds. The average molecular weight is 459 g/mol. The van der Waals surface area contributed by atoms with Crippen molar-refractivity contribution in [1.29, 1.82) is 0 Å². The smallest absolute Gasteiger partial charge is 1.00 e. The van der Waals surface area contributed by atoms with Gasteiger partial charge in [0.05, 0.1) is 0 Å². The Morgan fingerprint density at radius 2 is 1.96 bits per heavy atom. The monoisotopic (exact) mass is 456 g/mol. The van der Waals surface area contributed by atoms with Gasteiger partial charge >= 0.3 is 149 Å². The summed E-state index contributed by atoms with van der Waals surface area (Å²) in [4.78, 5) is 0. The Hall–Kier alpha value is 0.640. The van der Waals surface area contributed by atoms with Crippen molar-refractivity contribution in [3.05, 3.63) is 45.3 Å². The third kappa shape index (κ3) is 3.30. The summed E-state index contributed by atoms with van der Waals surface area (Å²) in [6.45, 7) is 2.45. The fourth-order valence-electron chi connectivity index (χ4n) is 5.60. The van der Waals surface area contributed by atoms with Gasteiger partial charge in [-0.05, 0) is 0 Å². The van der Waals surface area contributed by atoms with Gasteiger partial charge in [0.2, 0.25) is 0 Å². The van der Waals surface area contributed by atoms with Crippen LogP contribution in [0.2, 0.25) is 20.9 Å². The van der Waals surface area contributed by atoms with Gasteiger partial charge in [-0.15, -0.1) is 0 Å². The van der Waals surface area contributed by atoms with Crippen molar-refractivity contribution < 1.29 is 48.0 Å². The van der Waals surface area contributed by atoms with E-state index < -0.39 is 31.3 Å². The van der Waals surface area contributed by atoms with Gasteiger partial charge in [0.25, 0.3) is 0 Å². The van der Waals surface area contributed by atoms with Crippen LogP contribution in [0.1, 0.15) is 45.4 Å². The van der Waals surface area contributed by atoms with Crippen molar-refractivity contribution in [3.63, 3.8) is 0 Å². The van der Waals surface area contributed by atoms with E-state index in [4.69, 9.17) is 0 Å². The first-order chi connectivity index (χ1) is 10.8. The van der Waals surface area contributed by atoms with E-state index in [1.165, 1.54) is 25.7 Å². The molecule has 1 saturated carbocycles. The molecular weight excluding hydrogens is 430 g/mol. The van der Waals surface area contributed by atoms with E-state index in [1.807, 2.05) is 8.85 Å². The van der Waals surface area contributed by atoms with Crippen molar-refractivity contribution in [1.82, 2.24) is 0 Å². The van der Waals surface area contributed by atoms with E-state index in [0.717, 1.165) is 8.66 Å². The largest absolute Gasteiger partial charge is 1.00 e. The van der Waals surface area contributed by atoms with Crippen LogP contribution in [0.3, 0.4) is 0 Å². The maximum atomic E-state index is 2.60. The summed E-state index contributed by atoms with van der Waals surface area (Å²) < 4.78 is 2.70. The number of halogens is 2. The van der Waals surface area contributed by atoms with Crippen LogP contribution in [-0.4, -0.2) is 8.07 Å². The zero-order valence-corrected chi connectivity index (χ0v) is 19.6. The van der Waals surface area contributed by atoms with Crippen LogP contribution in [0.4, 0.5) is 0 Å². The van der Waals surface area contributed by atoms with E-state index in [9.17, 15) is 0 Å². The quantitative estimate of drug-likeness (QED) is 0.516. The van der Waals surface area contributed by atoms with Crippen LogP contribution in [0.15, 0.2) is 45.3 Å². The SMILES string of the molecule is CCC[Si]1([C]2([Zr+2][C]3=CC=CC3)CCC3CC=CC=C32)CCC1.[Cl-].[Cl-]. The predicted molar refractivity (Wildman–Crippen MR) is 94.2 cm³/mol. The van der Waals surface area contributed by atoms with Crippen molar-refractivity contribution in [2.75, 3.05) is 0 Å². The van der Waals surface area contributed by atoms with Crippen LogP contribution >= 0.6 is 0 Å². The molecule has 0 bridgehead atoms. The standard InChI is InChI=1S/C15H23Si.C5H5.2ClH.Zr/c1-2-10-16(11-5-12-16)15-9-8-13-6-3-4-7-14(13)15;1-2-4-5-3-1;;;/h3-4,7,13H,2,5-6,8-12H2,1H3;1-3H,4H2;2*1H;/q;;;;+2/p-2. The number of hydrogen-bond acceptors (Lipinski definition) is 0. The first-order valence-corrected chi connectivity index (χ1v) is 14.4. The molecule has 3 aliphatic carbocycles. The summed E-state index contributed by atoms with van der Waals surface area (Å²) in [7, 11) is -1.03. The minimum absolute atomic E-state index is 0. The summed E-state index contributed by atoms with van der Waals surface area (Å²) in [6, 6.07) is 4.95. The normalized spacial score (nSPS) is 31.8. The molecule has 130 valence electrons. The zero-order chi connectivity index (χ0) is 15.0. The molecule has 0 aromatic carbocycles. The summed E-state index contributed by atoms with van der Waals surface area (Å²) >= 11 is -0.479. The van der Waals surface area contributed by atoms with E-state index >= 15 is 0 Å². The van der Waals surface area contributed by atoms with Gasteiger partial charge in [0.1, 0.15) is 0 Å². The third-order valence-electron chi connectivity index (χ3n) is 6.72.